The highest BCUT2D eigenvalue weighted by Crippen LogP contribution is 2.24. The van der Waals surface area contributed by atoms with E-state index in [1.807, 2.05) is 39.1 Å². The normalized spacial score (nSPS) is 14.0. The minimum absolute atomic E-state index is 0.194. The number of nitrogens with zero attached hydrogens (tertiary/aromatic N) is 5. The van der Waals surface area contributed by atoms with E-state index < -0.39 is 6.03 Å². The predicted octanol–water partition coefficient (Wildman–Crippen LogP) is 4.16. The summed E-state index contributed by atoms with van der Waals surface area (Å²) in [5, 5.41) is 13.7. The number of fused-ring (bicyclic) bond motifs is 1. The summed E-state index contributed by atoms with van der Waals surface area (Å²) in [6.07, 6.45) is 6.14. The van der Waals surface area contributed by atoms with Crippen LogP contribution in [0.1, 0.15) is 44.1 Å². The number of rotatable bonds is 7. The maximum Gasteiger partial charge on any atom is 0.324 e. The van der Waals surface area contributed by atoms with Crippen LogP contribution in [0.5, 0.6) is 5.75 Å². The van der Waals surface area contributed by atoms with Gasteiger partial charge in [-0.05, 0) is 30.7 Å². The average molecular weight is 544 g/mol. The second kappa shape index (κ2) is 12.2. The van der Waals surface area contributed by atoms with Crippen LogP contribution in [0.25, 0.3) is 5.65 Å². The molecule has 11 heteroatoms. The molecule has 0 bridgehead atoms. The van der Waals surface area contributed by atoms with Gasteiger partial charge < -0.3 is 19.3 Å². The van der Waals surface area contributed by atoms with E-state index in [0.717, 1.165) is 44.8 Å². The molecule has 0 unspecified atom stereocenters. The highest BCUT2D eigenvalue weighted by Gasteiger charge is 2.20. The maximum absolute atomic E-state index is 12.3. The molecule has 11 nitrogen and oxygen atoms in total. The fraction of sp³-hybridized carbons (Fsp3) is 0.379. The van der Waals surface area contributed by atoms with Crippen molar-refractivity contribution in [3.63, 3.8) is 0 Å². The molecule has 4 aromatic rings. The summed E-state index contributed by atoms with van der Waals surface area (Å²) >= 11 is 0. The number of benzene rings is 1. The molecule has 0 spiro atoms. The Labute approximate surface area is 232 Å². The monoisotopic (exact) mass is 543 g/mol. The number of urea groups is 1. The van der Waals surface area contributed by atoms with E-state index in [1.54, 1.807) is 35.1 Å². The number of carbonyl (C=O) groups is 1. The Balaban J connectivity index is 1.13. The summed E-state index contributed by atoms with van der Waals surface area (Å²) in [5.41, 5.74) is 2.59. The molecule has 2 amide bonds. The van der Waals surface area contributed by atoms with Gasteiger partial charge in [0.15, 0.2) is 17.2 Å². The van der Waals surface area contributed by atoms with Crippen LogP contribution in [-0.4, -0.2) is 70.1 Å². The van der Waals surface area contributed by atoms with E-state index >= 15 is 0 Å². The SMILES string of the molecule is CC(C)(C)c1cc(NC(=O)Nc2ccc(C#Cc3cnn4cc(OCCCN5CCOCC5)cnc34)cc2)no1. The highest BCUT2D eigenvalue weighted by molar-refractivity contribution is 5.99. The number of hydrogen-bond acceptors (Lipinski definition) is 8. The minimum Gasteiger partial charge on any atom is -0.490 e. The van der Waals surface area contributed by atoms with Gasteiger partial charge in [0.05, 0.1) is 44.0 Å². The Hall–Kier alpha value is -4.40. The van der Waals surface area contributed by atoms with E-state index in [-0.39, 0.29) is 5.41 Å². The van der Waals surface area contributed by atoms with Gasteiger partial charge >= 0.3 is 6.03 Å². The van der Waals surface area contributed by atoms with Crippen LogP contribution in [0.2, 0.25) is 0 Å². The van der Waals surface area contributed by atoms with Gasteiger partial charge in [0.1, 0.15) is 5.76 Å². The lowest BCUT2D eigenvalue weighted by Gasteiger charge is -2.26. The van der Waals surface area contributed by atoms with Crippen molar-refractivity contribution in [1.82, 2.24) is 24.7 Å². The van der Waals surface area contributed by atoms with Crippen LogP contribution in [0.4, 0.5) is 16.3 Å². The molecule has 0 aliphatic carbocycles. The average Bonchev–Trinajstić information content (AvgIpc) is 3.58. The van der Waals surface area contributed by atoms with Crippen LogP contribution in [-0.2, 0) is 10.2 Å². The van der Waals surface area contributed by atoms with Crippen LogP contribution >= 0.6 is 0 Å². The zero-order valence-corrected chi connectivity index (χ0v) is 22.9. The second-order valence-electron chi connectivity index (χ2n) is 10.5. The van der Waals surface area contributed by atoms with Crippen molar-refractivity contribution in [3.05, 3.63) is 65.8 Å². The van der Waals surface area contributed by atoms with Gasteiger partial charge in [-0.1, -0.05) is 37.8 Å². The van der Waals surface area contributed by atoms with Gasteiger partial charge in [0.2, 0.25) is 0 Å². The number of morpholine rings is 1. The Morgan fingerprint density at radius 3 is 2.65 bits per heavy atom. The van der Waals surface area contributed by atoms with E-state index in [0.29, 0.717) is 40.8 Å². The van der Waals surface area contributed by atoms with Crippen LogP contribution in [0.3, 0.4) is 0 Å². The predicted molar refractivity (Wildman–Crippen MR) is 151 cm³/mol. The first-order chi connectivity index (χ1) is 19.3. The minimum atomic E-state index is -0.412. The topological polar surface area (TPSA) is 119 Å². The number of anilines is 2. The molecule has 1 aliphatic heterocycles. The Kier molecular flexibility index (Phi) is 8.28. The van der Waals surface area contributed by atoms with Gasteiger partial charge in [-0.15, -0.1) is 0 Å². The molecule has 4 heterocycles. The Morgan fingerprint density at radius 1 is 1.10 bits per heavy atom. The number of ether oxygens (including phenoxy) is 2. The first-order valence-electron chi connectivity index (χ1n) is 13.3. The molecule has 0 radical (unpaired) electrons. The molecule has 1 aliphatic rings. The summed E-state index contributed by atoms with van der Waals surface area (Å²) in [5.74, 6) is 7.97. The first-order valence-corrected chi connectivity index (χ1v) is 13.3. The zero-order chi connectivity index (χ0) is 28.0. The summed E-state index contributed by atoms with van der Waals surface area (Å²) in [4.78, 5) is 19.2. The molecule has 0 atom stereocenters. The second-order valence-corrected chi connectivity index (χ2v) is 10.5. The van der Waals surface area contributed by atoms with Gasteiger partial charge in [-0.2, -0.15) is 5.10 Å². The maximum atomic E-state index is 12.3. The number of nitrogens with one attached hydrogen (secondary N) is 2. The molecule has 208 valence electrons. The molecule has 40 heavy (non-hydrogen) atoms. The highest BCUT2D eigenvalue weighted by atomic mass is 16.5. The Bertz CT molecular complexity index is 1500. The number of aromatic nitrogens is 4. The standard InChI is InChI=1S/C29H33N7O4/c1-29(2,3)25-17-26(34-40-25)33-28(37)32-23-9-6-21(7-10-23)5-8-22-18-31-36-20-24(19-30-27(22)36)39-14-4-11-35-12-15-38-16-13-35/h6-7,9-10,17-20H,4,11-16H2,1-3H3,(H2,32,33,34,37). The van der Waals surface area contributed by atoms with Crippen molar-refractivity contribution in [1.29, 1.82) is 0 Å². The molecular formula is C29H33N7O4. The van der Waals surface area contributed by atoms with Crippen molar-refractivity contribution in [3.8, 4) is 17.6 Å². The quantitative estimate of drug-likeness (QED) is 0.264. The third-order valence-corrected chi connectivity index (χ3v) is 6.30. The van der Waals surface area contributed by atoms with E-state index in [1.165, 1.54) is 0 Å². The third-order valence-electron chi connectivity index (χ3n) is 6.30. The van der Waals surface area contributed by atoms with Crippen molar-refractivity contribution >= 4 is 23.2 Å². The van der Waals surface area contributed by atoms with Crippen molar-refractivity contribution in [2.75, 3.05) is 50.1 Å². The smallest absolute Gasteiger partial charge is 0.324 e. The van der Waals surface area contributed by atoms with Gasteiger partial charge in [0, 0.05) is 42.4 Å². The van der Waals surface area contributed by atoms with E-state index in [4.69, 9.17) is 14.0 Å². The van der Waals surface area contributed by atoms with Crippen molar-refractivity contribution in [2.45, 2.75) is 32.6 Å². The summed E-state index contributed by atoms with van der Waals surface area (Å²) in [6.45, 7) is 11.2. The van der Waals surface area contributed by atoms with Crippen LogP contribution in [0, 0.1) is 11.8 Å². The lowest BCUT2D eigenvalue weighted by Crippen LogP contribution is -2.37. The number of amides is 2. The van der Waals surface area contributed by atoms with Crippen LogP contribution in [0.15, 0.2) is 53.4 Å². The molecule has 0 saturated carbocycles. The fourth-order valence-corrected chi connectivity index (χ4v) is 4.07. The molecular weight excluding hydrogens is 510 g/mol. The number of hydrogen-bond donors (Lipinski definition) is 2. The van der Waals surface area contributed by atoms with Crippen LogP contribution < -0.4 is 15.4 Å². The lowest BCUT2D eigenvalue weighted by atomic mass is 9.93. The van der Waals surface area contributed by atoms with Crippen molar-refractivity contribution in [2.24, 2.45) is 0 Å². The zero-order valence-electron chi connectivity index (χ0n) is 22.9. The third kappa shape index (κ3) is 7.16. The van der Waals surface area contributed by atoms with Gasteiger partial charge in [0.25, 0.3) is 0 Å². The molecule has 5 rings (SSSR count). The molecule has 2 N–H and O–H groups in total. The summed E-state index contributed by atoms with van der Waals surface area (Å²) < 4.78 is 18.2. The van der Waals surface area contributed by atoms with E-state index in [9.17, 15) is 4.79 Å². The number of carbonyl (C=O) groups excluding carboxylic acids is 1. The van der Waals surface area contributed by atoms with E-state index in [2.05, 4.69) is 42.6 Å². The fourth-order valence-electron chi connectivity index (χ4n) is 4.07. The summed E-state index contributed by atoms with van der Waals surface area (Å²) in [7, 11) is 0. The molecule has 3 aromatic heterocycles. The lowest BCUT2D eigenvalue weighted by molar-refractivity contribution is 0.0358. The molecule has 1 saturated heterocycles. The Morgan fingerprint density at radius 2 is 1.90 bits per heavy atom. The van der Waals surface area contributed by atoms with Gasteiger partial charge in [-0.3, -0.25) is 10.2 Å². The summed E-state index contributed by atoms with van der Waals surface area (Å²) in [6, 6.07) is 8.53. The van der Waals surface area contributed by atoms with Gasteiger partial charge in [-0.25, -0.2) is 14.3 Å². The molecule has 1 fully saturated rings. The molecule has 1 aromatic carbocycles. The largest absolute Gasteiger partial charge is 0.490 e. The first kappa shape index (κ1) is 27.2. The van der Waals surface area contributed by atoms with Crippen molar-refractivity contribution < 1.29 is 18.8 Å².